The number of methoxy groups -OCH3 is 1. The number of benzene rings is 1. The highest BCUT2D eigenvalue weighted by atomic mass is 16.5. The molecule has 1 aromatic carbocycles. The molecular formula is C18H23NO4. The molecule has 2 fully saturated rings. The predicted molar refractivity (Wildman–Crippen MR) is 84.8 cm³/mol. The topological polar surface area (TPSA) is 48.0 Å². The quantitative estimate of drug-likeness (QED) is 0.837. The maximum Gasteiger partial charge on any atom is 0.229 e. The largest absolute Gasteiger partial charge is 0.497 e. The van der Waals surface area contributed by atoms with Crippen LogP contribution in [0, 0.1) is 5.92 Å². The molecule has 23 heavy (non-hydrogen) atoms. The van der Waals surface area contributed by atoms with Crippen molar-refractivity contribution in [3.05, 3.63) is 23.8 Å². The van der Waals surface area contributed by atoms with Crippen LogP contribution in [-0.4, -0.2) is 49.8 Å². The van der Waals surface area contributed by atoms with Gasteiger partial charge in [0.1, 0.15) is 18.1 Å². The fraction of sp³-hybridized carbons (Fsp3) is 0.611. The Morgan fingerprint density at radius 1 is 1.35 bits per heavy atom. The Morgan fingerprint density at radius 3 is 3.13 bits per heavy atom. The second kappa shape index (κ2) is 6.04. The molecule has 0 bridgehead atoms. The minimum absolute atomic E-state index is 0.0877. The van der Waals surface area contributed by atoms with Gasteiger partial charge in [-0.15, -0.1) is 0 Å². The van der Waals surface area contributed by atoms with Crippen LogP contribution in [0.4, 0.5) is 0 Å². The first kappa shape index (κ1) is 14.8. The van der Waals surface area contributed by atoms with Gasteiger partial charge in [-0.2, -0.15) is 0 Å². The highest BCUT2D eigenvalue weighted by molar-refractivity contribution is 5.80. The molecule has 3 unspecified atom stereocenters. The Kier molecular flexibility index (Phi) is 3.89. The van der Waals surface area contributed by atoms with Crippen molar-refractivity contribution in [2.24, 2.45) is 5.92 Å². The third-order valence-electron chi connectivity index (χ3n) is 5.30. The molecule has 3 aliphatic rings. The zero-order valence-corrected chi connectivity index (χ0v) is 13.5. The van der Waals surface area contributed by atoms with Crippen LogP contribution < -0.4 is 9.47 Å². The average Bonchev–Trinajstić information content (AvgIpc) is 3.08. The highest BCUT2D eigenvalue weighted by Gasteiger charge is 2.41. The summed E-state index contributed by atoms with van der Waals surface area (Å²) in [5.74, 6) is 1.77. The molecule has 4 rings (SSSR count). The highest BCUT2D eigenvalue weighted by Crippen LogP contribution is 2.34. The van der Waals surface area contributed by atoms with Crippen LogP contribution >= 0.6 is 0 Å². The number of amides is 1. The summed E-state index contributed by atoms with van der Waals surface area (Å²) in [6, 6.07) is 6.10. The van der Waals surface area contributed by atoms with Gasteiger partial charge >= 0.3 is 0 Å². The Morgan fingerprint density at radius 2 is 2.26 bits per heavy atom. The first-order chi connectivity index (χ1) is 11.3. The molecule has 0 N–H and O–H groups in total. The van der Waals surface area contributed by atoms with Gasteiger partial charge in [-0.3, -0.25) is 4.79 Å². The summed E-state index contributed by atoms with van der Waals surface area (Å²) in [6.45, 7) is 1.83. The number of morpholine rings is 1. The van der Waals surface area contributed by atoms with E-state index < -0.39 is 0 Å². The molecule has 3 atom stereocenters. The lowest BCUT2D eigenvalue weighted by Crippen LogP contribution is -2.54. The molecule has 0 radical (unpaired) electrons. The first-order valence-corrected chi connectivity index (χ1v) is 8.48. The van der Waals surface area contributed by atoms with E-state index >= 15 is 0 Å². The van der Waals surface area contributed by atoms with Gasteiger partial charge in [0.15, 0.2) is 0 Å². The predicted octanol–water partition coefficient (Wildman–Crippen LogP) is 2.03. The van der Waals surface area contributed by atoms with Gasteiger partial charge < -0.3 is 19.1 Å². The normalized spacial score (nSPS) is 29.4. The fourth-order valence-corrected chi connectivity index (χ4v) is 4.07. The molecule has 2 aliphatic heterocycles. The van der Waals surface area contributed by atoms with Gasteiger partial charge in [0, 0.05) is 12.6 Å². The maximum atomic E-state index is 13.0. The van der Waals surface area contributed by atoms with Gasteiger partial charge in [0.25, 0.3) is 0 Å². The molecule has 1 saturated carbocycles. The van der Waals surface area contributed by atoms with E-state index in [0.29, 0.717) is 19.8 Å². The number of nitrogens with zero attached hydrogens (tertiary/aromatic N) is 1. The van der Waals surface area contributed by atoms with E-state index in [-0.39, 0.29) is 24.0 Å². The van der Waals surface area contributed by atoms with Crippen molar-refractivity contribution < 1.29 is 19.0 Å². The van der Waals surface area contributed by atoms with E-state index in [2.05, 4.69) is 4.90 Å². The lowest BCUT2D eigenvalue weighted by Gasteiger charge is -2.40. The molecule has 0 spiro atoms. The number of hydrogen-bond acceptors (Lipinski definition) is 4. The molecule has 124 valence electrons. The summed E-state index contributed by atoms with van der Waals surface area (Å²) in [5, 5.41) is 0. The first-order valence-electron chi connectivity index (χ1n) is 8.48. The van der Waals surface area contributed by atoms with Crippen molar-refractivity contribution in [1.82, 2.24) is 4.90 Å². The van der Waals surface area contributed by atoms with Crippen LogP contribution in [0.2, 0.25) is 0 Å². The molecule has 2 heterocycles. The minimum atomic E-state index is -0.0877. The van der Waals surface area contributed by atoms with Crippen molar-refractivity contribution in [3.63, 3.8) is 0 Å². The standard InChI is InChI=1S/C18H23NO4/c1-21-14-6-5-12-9-13(11-23-17(12)10-14)18(20)19-7-8-22-16-4-2-3-15(16)19/h5-6,10,13,15-16H,2-4,7-9,11H2,1H3. The Bertz CT molecular complexity index is 603. The van der Waals surface area contributed by atoms with Gasteiger partial charge in [-0.25, -0.2) is 0 Å². The van der Waals surface area contributed by atoms with Gasteiger partial charge in [0.2, 0.25) is 5.91 Å². The van der Waals surface area contributed by atoms with Crippen LogP contribution in [0.1, 0.15) is 24.8 Å². The summed E-state index contributed by atoms with van der Waals surface area (Å²) in [5.41, 5.74) is 1.09. The number of rotatable bonds is 2. The summed E-state index contributed by atoms with van der Waals surface area (Å²) >= 11 is 0. The number of carbonyl (C=O) groups excluding carboxylic acids is 1. The number of hydrogen-bond donors (Lipinski definition) is 0. The van der Waals surface area contributed by atoms with Crippen LogP contribution in [0.3, 0.4) is 0 Å². The van der Waals surface area contributed by atoms with Crippen LogP contribution in [0.25, 0.3) is 0 Å². The smallest absolute Gasteiger partial charge is 0.229 e. The molecule has 1 aromatic rings. The zero-order chi connectivity index (χ0) is 15.8. The van der Waals surface area contributed by atoms with E-state index in [1.807, 2.05) is 18.2 Å². The Labute approximate surface area is 136 Å². The van der Waals surface area contributed by atoms with Crippen molar-refractivity contribution in [3.8, 4) is 11.5 Å². The minimum Gasteiger partial charge on any atom is -0.497 e. The molecular weight excluding hydrogens is 294 g/mol. The van der Waals surface area contributed by atoms with E-state index in [1.54, 1.807) is 7.11 Å². The van der Waals surface area contributed by atoms with Crippen molar-refractivity contribution >= 4 is 5.91 Å². The van der Waals surface area contributed by atoms with Gasteiger partial charge in [-0.05, 0) is 37.3 Å². The second-order valence-corrected chi connectivity index (χ2v) is 6.62. The lowest BCUT2D eigenvalue weighted by atomic mass is 9.94. The second-order valence-electron chi connectivity index (χ2n) is 6.62. The van der Waals surface area contributed by atoms with Gasteiger partial charge in [0.05, 0.1) is 31.8 Å². The van der Waals surface area contributed by atoms with Crippen LogP contribution in [-0.2, 0) is 16.0 Å². The third kappa shape index (κ3) is 2.67. The average molecular weight is 317 g/mol. The van der Waals surface area contributed by atoms with Crippen molar-refractivity contribution in [1.29, 1.82) is 0 Å². The summed E-state index contributed by atoms with van der Waals surface area (Å²) in [4.78, 5) is 15.1. The summed E-state index contributed by atoms with van der Waals surface area (Å²) in [7, 11) is 1.65. The van der Waals surface area contributed by atoms with Crippen molar-refractivity contribution in [2.75, 3.05) is 26.9 Å². The Balaban J connectivity index is 1.49. The van der Waals surface area contributed by atoms with Crippen LogP contribution in [0.15, 0.2) is 18.2 Å². The monoisotopic (exact) mass is 317 g/mol. The Hall–Kier alpha value is -1.75. The SMILES string of the molecule is COc1ccc2c(c1)OCC(C(=O)N1CCOC3CCCC31)C2. The fourth-order valence-electron chi connectivity index (χ4n) is 4.07. The zero-order valence-electron chi connectivity index (χ0n) is 13.5. The number of ether oxygens (including phenoxy) is 3. The molecule has 0 aromatic heterocycles. The lowest BCUT2D eigenvalue weighted by molar-refractivity contribution is -0.149. The maximum absolute atomic E-state index is 13.0. The molecule has 1 saturated heterocycles. The van der Waals surface area contributed by atoms with Gasteiger partial charge in [-0.1, -0.05) is 6.07 Å². The van der Waals surface area contributed by atoms with E-state index in [0.717, 1.165) is 42.7 Å². The van der Waals surface area contributed by atoms with E-state index in [4.69, 9.17) is 14.2 Å². The van der Waals surface area contributed by atoms with E-state index in [9.17, 15) is 4.79 Å². The third-order valence-corrected chi connectivity index (χ3v) is 5.30. The van der Waals surface area contributed by atoms with Crippen molar-refractivity contribution in [2.45, 2.75) is 37.8 Å². The molecule has 5 heteroatoms. The number of carbonyl (C=O) groups is 1. The van der Waals surface area contributed by atoms with E-state index in [1.165, 1.54) is 0 Å². The van der Waals surface area contributed by atoms with Crippen LogP contribution in [0.5, 0.6) is 11.5 Å². The number of fused-ring (bicyclic) bond motifs is 2. The molecule has 1 amide bonds. The molecule has 5 nitrogen and oxygen atoms in total. The summed E-state index contributed by atoms with van der Waals surface area (Å²) < 4.78 is 16.9. The summed E-state index contributed by atoms with van der Waals surface area (Å²) in [6.07, 6.45) is 4.29. The molecule has 1 aliphatic carbocycles.